The van der Waals surface area contributed by atoms with Gasteiger partial charge in [-0.3, -0.25) is 9.36 Å². The number of rotatable bonds is 60. The lowest BCUT2D eigenvalue weighted by atomic mass is 10.0. The third-order valence-electron chi connectivity index (χ3n) is 15.0. The number of aliphatic hydroxyl groups is 1. The van der Waals surface area contributed by atoms with Crippen LogP contribution >= 0.6 is 7.82 Å². The molecule has 3 atom stereocenters. The van der Waals surface area contributed by atoms with E-state index in [0.717, 1.165) is 38.5 Å². The van der Waals surface area contributed by atoms with Gasteiger partial charge < -0.3 is 28.8 Å². The number of aliphatic hydroxyl groups excluding tert-OH is 1. The van der Waals surface area contributed by atoms with Crippen molar-refractivity contribution in [3.8, 4) is 0 Å². The van der Waals surface area contributed by atoms with Crippen LogP contribution in [0.15, 0.2) is 12.2 Å². The summed E-state index contributed by atoms with van der Waals surface area (Å²) in [4.78, 5) is 25.6. The number of likely N-dealkylation sites (N-methyl/N-ethyl adjacent to an activating group) is 1. The zero-order valence-corrected chi connectivity index (χ0v) is 50.1. The van der Waals surface area contributed by atoms with Crippen molar-refractivity contribution in [2.45, 2.75) is 347 Å². The van der Waals surface area contributed by atoms with E-state index in [1.807, 2.05) is 27.2 Å². The smallest absolute Gasteiger partial charge is 0.268 e. The SMILES string of the molecule is CCCCCCCCCCCCCCCCCCCCC/C=C/C(O)C(COP(=O)([O-])OCC[N+](C)(C)C)NC(=O)CCCCCCCCCCCCCCCCCCCCCCCCCCCCCCC. The van der Waals surface area contributed by atoms with Gasteiger partial charge in [0.1, 0.15) is 13.2 Å². The highest BCUT2D eigenvalue weighted by atomic mass is 31.2. The second kappa shape index (κ2) is 55.0. The van der Waals surface area contributed by atoms with E-state index in [1.165, 1.54) is 276 Å². The molecule has 3 unspecified atom stereocenters. The molecular formula is C63H127N2O6P. The third kappa shape index (κ3) is 57.0. The van der Waals surface area contributed by atoms with Crippen molar-refractivity contribution in [3.63, 3.8) is 0 Å². The molecule has 0 saturated heterocycles. The van der Waals surface area contributed by atoms with Gasteiger partial charge in [-0.25, -0.2) is 0 Å². The van der Waals surface area contributed by atoms with Crippen LogP contribution < -0.4 is 10.2 Å². The number of nitrogens with zero attached hydrogens (tertiary/aromatic N) is 1. The molecule has 2 N–H and O–H groups in total. The monoisotopic (exact) mass is 1040 g/mol. The number of carbonyl (C=O) groups excluding carboxylic acids is 1. The molecule has 0 aromatic rings. The van der Waals surface area contributed by atoms with E-state index in [-0.39, 0.29) is 19.1 Å². The zero-order chi connectivity index (χ0) is 52.7. The van der Waals surface area contributed by atoms with E-state index >= 15 is 0 Å². The second-order valence-corrected chi connectivity index (χ2v) is 24.9. The summed E-state index contributed by atoms with van der Waals surface area (Å²) < 4.78 is 23.4. The number of hydrogen-bond donors (Lipinski definition) is 2. The first-order valence-electron chi connectivity index (χ1n) is 32.1. The van der Waals surface area contributed by atoms with E-state index in [4.69, 9.17) is 9.05 Å². The summed E-state index contributed by atoms with van der Waals surface area (Å²) in [7, 11) is 1.28. The predicted octanol–water partition coefficient (Wildman–Crippen LogP) is 19.1. The molecule has 0 rings (SSSR count). The first kappa shape index (κ1) is 71.2. The van der Waals surface area contributed by atoms with Gasteiger partial charge in [0.05, 0.1) is 39.9 Å². The van der Waals surface area contributed by atoms with Crippen LogP contribution in [0.5, 0.6) is 0 Å². The normalized spacial score (nSPS) is 13.8. The minimum Gasteiger partial charge on any atom is -0.756 e. The fraction of sp³-hybridized carbons (Fsp3) is 0.952. The molecule has 0 aromatic heterocycles. The molecule has 0 aliphatic heterocycles. The Kier molecular flexibility index (Phi) is 54.4. The molecule has 8 nitrogen and oxygen atoms in total. The van der Waals surface area contributed by atoms with Gasteiger partial charge in [-0.2, -0.15) is 0 Å². The molecule has 9 heteroatoms. The maximum atomic E-state index is 13.0. The second-order valence-electron chi connectivity index (χ2n) is 23.5. The summed E-state index contributed by atoms with van der Waals surface area (Å²) in [5.41, 5.74) is 0. The number of allylic oxidation sites excluding steroid dienone is 1. The number of quaternary nitrogens is 1. The molecule has 72 heavy (non-hydrogen) atoms. The molecular weight excluding hydrogens is 912 g/mol. The Morgan fingerprint density at radius 1 is 0.472 bits per heavy atom. The molecule has 1 amide bonds. The van der Waals surface area contributed by atoms with E-state index < -0.39 is 20.0 Å². The third-order valence-corrected chi connectivity index (χ3v) is 16.0. The number of phosphoric ester groups is 1. The lowest BCUT2D eigenvalue weighted by Crippen LogP contribution is -2.45. The van der Waals surface area contributed by atoms with Crippen molar-refractivity contribution in [1.82, 2.24) is 5.32 Å². The van der Waals surface area contributed by atoms with Gasteiger partial charge >= 0.3 is 0 Å². The van der Waals surface area contributed by atoms with Crippen LogP contribution in [0.3, 0.4) is 0 Å². The van der Waals surface area contributed by atoms with E-state index in [0.29, 0.717) is 17.4 Å². The molecule has 0 heterocycles. The fourth-order valence-electron chi connectivity index (χ4n) is 9.98. The van der Waals surface area contributed by atoms with Crippen molar-refractivity contribution in [3.05, 3.63) is 12.2 Å². The zero-order valence-electron chi connectivity index (χ0n) is 49.2. The summed E-state index contributed by atoms with van der Waals surface area (Å²) in [5, 5.41) is 13.9. The first-order chi connectivity index (χ1) is 35.0. The Hall–Kier alpha value is -0.760. The lowest BCUT2D eigenvalue weighted by Gasteiger charge is -2.29. The number of phosphoric acid groups is 1. The highest BCUT2D eigenvalue weighted by Crippen LogP contribution is 2.38. The largest absolute Gasteiger partial charge is 0.756 e. The standard InChI is InChI=1S/C63H127N2O6P/c1-6-8-10-12-14-16-18-20-22-24-26-28-29-30-31-32-33-34-35-37-39-41-43-45-47-49-51-53-55-57-63(67)64-61(60-71-72(68,69)70-59-58-65(3,4)5)62(66)56-54-52-50-48-46-44-42-40-38-36-27-25-23-21-19-17-15-13-11-9-7-2/h54,56,61-62,66H,6-53,55,57-60H2,1-5H3,(H-,64,67,68,69)/b56-54+. The maximum Gasteiger partial charge on any atom is 0.268 e. The summed E-state index contributed by atoms with van der Waals surface area (Å²) >= 11 is 0. The van der Waals surface area contributed by atoms with Crippen molar-refractivity contribution in [2.24, 2.45) is 0 Å². The van der Waals surface area contributed by atoms with Crippen molar-refractivity contribution < 1.29 is 32.9 Å². The van der Waals surface area contributed by atoms with Gasteiger partial charge in [-0.05, 0) is 19.3 Å². The van der Waals surface area contributed by atoms with Gasteiger partial charge in [-0.15, -0.1) is 0 Å². The summed E-state index contributed by atoms with van der Waals surface area (Å²) in [6.07, 6.45) is 68.8. The van der Waals surface area contributed by atoms with Crippen LogP contribution in [-0.2, 0) is 18.4 Å². The van der Waals surface area contributed by atoms with Crippen LogP contribution in [0.4, 0.5) is 0 Å². The maximum absolute atomic E-state index is 13.0. The van der Waals surface area contributed by atoms with Crippen LogP contribution in [0, 0.1) is 0 Å². The molecule has 0 bridgehead atoms. The average Bonchev–Trinajstić information content (AvgIpc) is 3.34. The summed E-state index contributed by atoms with van der Waals surface area (Å²) in [6.45, 7) is 4.71. The van der Waals surface area contributed by atoms with Gasteiger partial charge in [0.15, 0.2) is 0 Å². The Bertz CT molecular complexity index is 1180. The van der Waals surface area contributed by atoms with E-state index in [2.05, 4.69) is 19.2 Å². The summed E-state index contributed by atoms with van der Waals surface area (Å²) in [6, 6.07) is -0.883. The van der Waals surface area contributed by atoms with Crippen LogP contribution in [0.25, 0.3) is 0 Å². The van der Waals surface area contributed by atoms with E-state index in [1.54, 1.807) is 6.08 Å². The lowest BCUT2D eigenvalue weighted by molar-refractivity contribution is -0.870. The highest BCUT2D eigenvalue weighted by Gasteiger charge is 2.23. The van der Waals surface area contributed by atoms with Crippen LogP contribution in [0.1, 0.15) is 335 Å². The minimum absolute atomic E-state index is 0.00285. The molecule has 0 aromatic carbocycles. The average molecular weight is 1040 g/mol. The van der Waals surface area contributed by atoms with Gasteiger partial charge in [-0.1, -0.05) is 321 Å². The quantitative estimate of drug-likeness (QED) is 0.0272. The molecule has 0 saturated carbocycles. The predicted molar refractivity (Wildman–Crippen MR) is 312 cm³/mol. The Morgan fingerprint density at radius 2 is 0.750 bits per heavy atom. The number of hydrogen-bond acceptors (Lipinski definition) is 6. The number of nitrogens with one attached hydrogen (secondary N) is 1. The number of amides is 1. The Labute approximate surface area is 450 Å². The minimum atomic E-state index is -4.60. The topological polar surface area (TPSA) is 108 Å². The van der Waals surface area contributed by atoms with Gasteiger partial charge in [0.25, 0.3) is 7.82 Å². The Balaban J connectivity index is 4.07. The molecule has 0 radical (unpaired) electrons. The Morgan fingerprint density at radius 3 is 1.04 bits per heavy atom. The summed E-state index contributed by atoms with van der Waals surface area (Å²) in [5.74, 6) is -0.188. The number of carbonyl (C=O) groups is 1. The molecule has 430 valence electrons. The number of unbranched alkanes of at least 4 members (excludes halogenated alkanes) is 47. The van der Waals surface area contributed by atoms with E-state index in [9.17, 15) is 19.4 Å². The van der Waals surface area contributed by atoms with Crippen molar-refractivity contribution >= 4 is 13.7 Å². The van der Waals surface area contributed by atoms with Crippen LogP contribution in [0.2, 0.25) is 0 Å². The van der Waals surface area contributed by atoms with Crippen LogP contribution in [-0.4, -0.2) is 68.5 Å². The van der Waals surface area contributed by atoms with Gasteiger partial charge in [0.2, 0.25) is 5.91 Å². The van der Waals surface area contributed by atoms with Crippen molar-refractivity contribution in [2.75, 3.05) is 40.9 Å². The molecule has 0 aliphatic rings. The van der Waals surface area contributed by atoms with Gasteiger partial charge in [0, 0.05) is 6.42 Å². The highest BCUT2D eigenvalue weighted by molar-refractivity contribution is 7.45. The fourth-order valence-corrected chi connectivity index (χ4v) is 10.7. The molecule has 0 spiro atoms. The first-order valence-corrected chi connectivity index (χ1v) is 33.5. The molecule has 0 fully saturated rings. The van der Waals surface area contributed by atoms with Crippen molar-refractivity contribution in [1.29, 1.82) is 0 Å². The molecule has 0 aliphatic carbocycles.